The molecule has 1 aromatic rings. The van der Waals surface area contributed by atoms with Gasteiger partial charge in [-0.05, 0) is 12.5 Å². The van der Waals surface area contributed by atoms with Crippen molar-refractivity contribution in [2.24, 2.45) is 0 Å². The van der Waals surface area contributed by atoms with Crippen LogP contribution in [-0.2, 0) is 0 Å². The van der Waals surface area contributed by atoms with Gasteiger partial charge in [0.25, 0.3) is 0 Å². The SMILES string of the molecule is CCC/C=C/c1cc(OC)c(OC)cc1OC. The third kappa shape index (κ3) is 3.41. The van der Waals surface area contributed by atoms with Crippen molar-refractivity contribution >= 4 is 6.08 Å². The largest absolute Gasteiger partial charge is 0.496 e. The Bertz CT molecular complexity index is 383. The maximum absolute atomic E-state index is 5.33. The van der Waals surface area contributed by atoms with E-state index in [1.165, 1.54) is 0 Å². The monoisotopic (exact) mass is 236 g/mol. The van der Waals surface area contributed by atoms with Crippen LogP contribution in [0, 0.1) is 0 Å². The Labute approximate surface area is 103 Å². The smallest absolute Gasteiger partial charge is 0.164 e. The van der Waals surface area contributed by atoms with Gasteiger partial charge in [0.15, 0.2) is 11.5 Å². The highest BCUT2D eigenvalue weighted by atomic mass is 16.5. The van der Waals surface area contributed by atoms with Crippen LogP contribution >= 0.6 is 0 Å². The van der Waals surface area contributed by atoms with Gasteiger partial charge in [0, 0.05) is 11.6 Å². The van der Waals surface area contributed by atoms with Crippen molar-refractivity contribution in [2.45, 2.75) is 19.8 Å². The number of benzene rings is 1. The molecule has 0 bridgehead atoms. The van der Waals surface area contributed by atoms with Crippen LogP contribution in [0.15, 0.2) is 18.2 Å². The lowest BCUT2D eigenvalue weighted by Gasteiger charge is -2.12. The van der Waals surface area contributed by atoms with E-state index in [0.717, 1.165) is 24.2 Å². The molecule has 0 N–H and O–H groups in total. The van der Waals surface area contributed by atoms with Gasteiger partial charge < -0.3 is 14.2 Å². The highest BCUT2D eigenvalue weighted by Crippen LogP contribution is 2.35. The molecule has 0 saturated heterocycles. The van der Waals surface area contributed by atoms with Crippen molar-refractivity contribution in [2.75, 3.05) is 21.3 Å². The first kappa shape index (κ1) is 13.4. The van der Waals surface area contributed by atoms with E-state index in [-0.39, 0.29) is 0 Å². The Morgan fingerprint density at radius 3 is 2.06 bits per heavy atom. The summed E-state index contributed by atoms with van der Waals surface area (Å²) >= 11 is 0. The summed E-state index contributed by atoms with van der Waals surface area (Å²) in [6.07, 6.45) is 6.36. The summed E-state index contributed by atoms with van der Waals surface area (Å²) < 4.78 is 15.8. The maximum Gasteiger partial charge on any atom is 0.164 e. The minimum atomic E-state index is 0.678. The van der Waals surface area contributed by atoms with Crippen LogP contribution < -0.4 is 14.2 Å². The maximum atomic E-state index is 5.33. The third-order valence-corrected chi connectivity index (χ3v) is 2.49. The summed E-state index contributed by atoms with van der Waals surface area (Å²) in [5.41, 5.74) is 0.999. The van der Waals surface area contributed by atoms with Crippen LogP contribution in [0.1, 0.15) is 25.3 Å². The van der Waals surface area contributed by atoms with Gasteiger partial charge in [-0.25, -0.2) is 0 Å². The molecule has 17 heavy (non-hydrogen) atoms. The number of hydrogen-bond acceptors (Lipinski definition) is 3. The second kappa shape index (κ2) is 6.84. The lowest BCUT2D eigenvalue weighted by molar-refractivity contribution is 0.348. The second-order valence-corrected chi connectivity index (χ2v) is 3.64. The summed E-state index contributed by atoms with van der Waals surface area (Å²) in [5.74, 6) is 2.18. The zero-order valence-corrected chi connectivity index (χ0v) is 10.9. The van der Waals surface area contributed by atoms with Gasteiger partial charge in [0.1, 0.15) is 5.75 Å². The molecule has 94 valence electrons. The van der Waals surface area contributed by atoms with Crippen LogP contribution in [0.4, 0.5) is 0 Å². The molecule has 3 heteroatoms. The molecule has 1 rings (SSSR count). The van der Waals surface area contributed by atoms with E-state index >= 15 is 0 Å². The molecule has 0 aliphatic carbocycles. The fourth-order valence-electron chi connectivity index (χ4n) is 1.56. The molecule has 0 saturated carbocycles. The van der Waals surface area contributed by atoms with Crippen molar-refractivity contribution in [1.29, 1.82) is 0 Å². The van der Waals surface area contributed by atoms with Gasteiger partial charge >= 0.3 is 0 Å². The van der Waals surface area contributed by atoms with Crippen LogP contribution in [0.5, 0.6) is 17.2 Å². The molecular weight excluding hydrogens is 216 g/mol. The predicted molar refractivity (Wildman–Crippen MR) is 70.0 cm³/mol. The quantitative estimate of drug-likeness (QED) is 0.756. The van der Waals surface area contributed by atoms with Gasteiger partial charge in [-0.1, -0.05) is 25.5 Å². The predicted octanol–water partition coefficient (Wildman–Crippen LogP) is 3.53. The summed E-state index contributed by atoms with van der Waals surface area (Å²) in [7, 11) is 4.90. The molecule has 0 radical (unpaired) electrons. The van der Waals surface area contributed by atoms with E-state index in [0.29, 0.717) is 11.5 Å². The zero-order valence-electron chi connectivity index (χ0n) is 10.9. The average Bonchev–Trinajstić information content (AvgIpc) is 2.38. The lowest BCUT2D eigenvalue weighted by atomic mass is 10.1. The van der Waals surface area contributed by atoms with Crippen molar-refractivity contribution in [1.82, 2.24) is 0 Å². The number of rotatable bonds is 6. The molecule has 0 aromatic heterocycles. The summed E-state index contributed by atoms with van der Waals surface area (Å²) in [6, 6.07) is 3.76. The van der Waals surface area contributed by atoms with Crippen LogP contribution in [0.3, 0.4) is 0 Å². The first-order valence-electron chi connectivity index (χ1n) is 5.73. The van der Waals surface area contributed by atoms with Crippen molar-refractivity contribution < 1.29 is 14.2 Å². The molecule has 3 nitrogen and oxygen atoms in total. The van der Waals surface area contributed by atoms with Crippen molar-refractivity contribution in [3.8, 4) is 17.2 Å². The van der Waals surface area contributed by atoms with Gasteiger partial charge in [-0.15, -0.1) is 0 Å². The van der Waals surface area contributed by atoms with E-state index in [9.17, 15) is 0 Å². The van der Waals surface area contributed by atoms with E-state index in [4.69, 9.17) is 14.2 Å². The number of allylic oxidation sites excluding steroid dienone is 1. The molecule has 0 spiro atoms. The zero-order chi connectivity index (χ0) is 12.7. The van der Waals surface area contributed by atoms with Crippen LogP contribution in [-0.4, -0.2) is 21.3 Å². The highest BCUT2D eigenvalue weighted by Gasteiger charge is 2.09. The Morgan fingerprint density at radius 2 is 1.53 bits per heavy atom. The van der Waals surface area contributed by atoms with Gasteiger partial charge in [0.05, 0.1) is 21.3 Å². The Balaban J connectivity index is 3.09. The molecule has 0 aliphatic heterocycles. The third-order valence-electron chi connectivity index (χ3n) is 2.49. The average molecular weight is 236 g/mol. The molecule has 0 amide bonds. The minimum absolute atomic E-state index is 0.678. The Morgan fingerprint density at radius 1 is 0.941 bits per heavy atom. The van der Waals surface area contributed by atoms with E-state index in [1.807, 2.05) is 18.2 Å². The van der Waals surface area contributed by atoms with E-state index < -0.39 is 0 Å². The molecule has 0 aliphatic rings. The number of methoxy groups -OCH3 is 3. The number of ether oxygens (including phenoxy) is 3. The van der Waals surface area contributed by atoms with Crippen molar-refractivity contribution in [3.63, 3.8) is 0 Å². The topological polar surface area (TPSA) is 27.7 Å². The summed E-state index contributed by atoms with van der Waals surface area (Å²) in [4.78, 5) is 0. The van der Waals surface area contributed by atoms with Gasteiger partial charge in [-0.2, -0.15) is 0 Å². The normalized spacial score (nSPS) is 10.6. The Hall–Kier alpha value is -1.64. The van der Waals surface area contributed by atoms with Crippen molar-refractivity contribution in [3.05, 3.63) is 23.8 Å². The number of unbranched alkanes of at least 4 members (excludes halogenated alkanes) is 1. The molecule has 0 atom stereocenters. The summed E-state index contributed by atoms with van der Waals surface area (Å²) in [6.45, 7) is 2.15. The van der Waals surface area contributed by atoms with Gasteiger partial charge in [0.2, 0.25) is 0 Å². The molecule has 1 aromatic carbocycles. The van der Waals surface area contributed by atoms with Crippen LogP contribution in [0.25, 0.3) is 6.08 Å². The van der Waals surface area contributed by atoms with Gasteiger partial charge in [-0.3, -0.25) is 0 Å². The molecule has 0 heterocycles. The minimum Gasteiger partial charge on any atom is -0.496 e. The number of hydrogen-bond donors (Lipinski definition) is 0. The first-order valence-corrected chi connectivity index (χ1v) is 5.73. The second-order valence-electron chi connectivity index (χ2n) is 3.64. The lowest BCUT2D eigenvalue weighted by Crippen LogP contribution is -1.94. The Kier molecular flexibility index (Phi) is 5.40. The molecular formula is C14H20O3. The van der Waals surface area contributed by atoms with E-state index in [1.54, 1.807) is 21.3 Å². The standard InChI is InChI=1S/C14H20O3/c1-5-6-7-8-11-9-13(16-3)14(17-4)10-12(11)15-2/h7-10H,5-6H2,1-4H3/b8-7+. The molecule has 0 fully saturated rings. The fraction of sp³-hybridized carbons (Fsp3) is 0.429. The molecule has 0 unspecified atom stereocenters. The van der Waals surface area contributed by atoms with E-state index in [2.05, 4.69) is 13.0 Å². The first-order chi connectivity index (χ1) is 8.26. The fourth-order valence-corrected chi connectivity index (χ4v) is 1.56. The van der Waals surface area contributed by atoms with Crippen LogP contribution in [0.2, 0.25) is 0 Å². The summed E-state index contributed by atoms with van der Waals surface area (Å²) in [5, 5.41) is 0. The highest BCUT2D eigenvalue weighted by molar-refractivity contribution is 5.63.